The topological polar surface area (TPSA) is 56.7 Å². The van der Waals surface area contributed by atoms with E-state index in [1.807, 2.05) is 17.7 Å². The van der Waals surface area contributed by atoms with Crippen LogP contribution in [0.3, 0.4) is 0 Å². The van der Waals surface area contributed by atoms with Gasteiger partial charge in [-0.1, -0.05) is 20.8 Å². The smallest absolute Gasteiger partial charge is 0.154 e. The van der Waals surface area contributed by atoms with Gasteiger partial charge in [-0.3, -0.25) is 0 Å². The van der Waals surface area contributed by atoms with Crippen molar-refractivity contribution in [2.45, 2.75) is 53.5 Å². The summed E-state index contributed by atoms with van der Waals surface area (Å²) in [6.07, 6.45) is 0. The molecule has 2 rings (SSSR count). The van der Waals surface area contributed by atoms with Gasteiger partial charge in [0.2, 0.25) is 0 Å². The van der Waals surface area contributed by atoms with E-state index < -0.39 is 0 Å². The summed E-state index contributed by atoms with van der Waals surface area (Å²) in [5.74, 6) is 0.853. The lowest BCUT2D eigenvalue weighted by Gasteiger charge is -2.20. The van der Waals surface area contributed by atoms with Crippen LogP contribution >= 0.6 is 0 Å². The Kier molecular flexibility index (Phi) is 3.69. The van der Waals surface area contributed by atoms with Gasteiger partial charge in [-0.25, -0.2) is 9.67 Å². The minimum absolute atomic E-state index is 0.00885. The number of aromatic nitrogens is 3. The minimum Gasteiger partial charge on any atom is -0.326 e. The summed E-state index contributed by atoms with van der Waals surface area (Å²) in [6.45, 7) is 13.2. The lowest BCUT2D eigenvalue weighted by molar-refractivity contribution is 0.564. The predicted octanol–water partition coefficient (Wildman–Crippen LogP) is 2.95. The van der Waals surface area contributed by atoms with E-state index in [4.69, 9.17) is 10.7 Å². The molecule has 2 N–H and O–H groups in total. The first-order valence-electron chi connectivity index (χ1n) is 6.98. The molecule has 0 aliphatic rings. The molecule has 2 aromatic rings. The third-order valence-electron chi connectivity index (χ3n) is 3.75. The first-order valence-corrected chi connectivity index (χ1v) is 6.98. The van der Waals surface area contributed by atoms with Crippen LogP contribution in [-0.2, 0) is 12.0 Å². The zero-order valence-corrected chi connectivity index (χ0v) is 13.3. The van der Waals surface area contributed by atoms with Crippen LogP contribution in [0.5, 0.6) is 0 Å². The highest BCUT2D eigenvalue weighted by atomic mass is 15.3. The molecule has 0 unspecified atom stereocenters. The number of hydrogen-bond donors (Lipinski definition) is 1. The van der Waals surface area contributed by atoms with Crippen molar-refractivity contribution in [2.75, 3.05) is 0 Å². The number of hydrogen-bond acceptors (Lipinski definition) is 3. The number of nitrogens with zero attached hydrogens (tertiary/aromatic N) is 3. The lowest BCUT2D eigenvalue weighted by Crippen LogP contribution is -2.17. The fraction of sp³-hybridized carbons (Fsp3) is 0.500. The number of pyridine rings is 1. The largest absolute Gasteiger partial charge is 0.326 e. The monoisotopic (exact) mass is 272 g/mol. The Morgan fingerprint density at radius 1 is 1.15 bits per heavy atom. The molecule has 0 bridgehead atoms. The summed E-state index contributed by atoms with van der Waals surface area (Å²) in [5.41, 5.74) is 11.3. The number of rotatable bonds is 2. The molecule has 0 aromatic carbocycles. The van der Waals surface area contributed by atoms with Gasteiger partial charge in [0.15, 0.2) is 5.82 Å². The van der Waals surface area contributed by atoms with Crippen LogP contribution in [0, 0.1) is 20.8 Å². The standard InChI is InChI=1S/C16H24N4/c1-10-11(2)19-20(12(10)3)15-8-13(9-17)7-14(18-15)16(4,5)6/h7-8H,9,17H2,1-6H3. The van der Waals surface area contributed by atoms with Crippen molar-refractivity contribution in [1.29, 1.82) is 0 Å². The van der Waals surface area contributed by atoms with Crippen molar-refractivity contribution in [1.82, 2.24) is 14.8 Å². The molecule has 0 aliphatic heterocycles. The summed E-state index contributed by atoms with van der Waals surface area (Å²) in [6, 6.07) is 4.11. The molecule has 0 atom stereocenters. The molecular formula is C16H24N4. The van der Waals surface area contributed by atoms with Gasteiger partial charge in [0.25, 0.3) is 0 Å². The molecular weight excluding hydrogens is 248 g/mol. The Balaban J connectivity index is 2.64. The first-order chi connectivity index (χ1) is 9.24. The molecule has 0 aliphatic carbocycles. The van der Waals surface area contributed by atoms with Crippen LogP contribution in [0.2, 0.25) is 0 Å². The molecule has 4 heteroatoms. The Morgan fingerprint density at radius 3 is 2.25 bits per heavy atom. The van der Waals surface area contributed by atoms with Crippen molar-refractivity contribution in [3.8, 4) is 5.82 Å². The third kappa shape index (κ3) is 2.61. The molecule has 0 radical (unpaired) electrons. The Bertz CT molecular complexity index is 633. The average Bonchev–Trinajstić information content (AvgIpc) is 2.65. The maximum atomic E-state index is 5.82. The molecule has 2 aromatic heterocycles. The van der Waals surface area contributed by atoms with Gasteiger partial charge in [-0.2, -0.15) is 5.10 Å². The van der Waals surface area contributed by atoms with Crippen LogP contribution in [-0.4, -0.2) is 14.8 Å². The van der Waals surface area contributed by atoms with E-state index in [1.165, 1.54) is 5.56 Å². The summed E-state index contributed by atoms with van der Waals surface area (Å²) < 4.78 is 1.92. The Labute approximate surface area is 121 Å². The van der Waals surface area contributed by atoms with Crippen LogP contribution < -0.4 is 5.73 Å². The van der Waals surface area contributed by atoms with E-state index in [-0.39, 0.29) is 5.41 Å². The zero-order valence-electron chi connectivity index (χ0n) is 13.3. The highest BCUT2D eigenvalue weighted by Gasteiger charge is 2.19. The highest BCUT2D eigenvalue weighted by Crippen LogP contribution is 2.24. The highest BCUT2D eigenvalue weighted by molar-refractivity contribution is 5.36. The van der Waals surface area contributed by atoms with Crippen LogP contribution in [0.25, 0.3) is 5.82 Å². The maximum Gasteiger partial charge on any atom is 0.154 e. The van der Waals surface area contributed by atoms with E-state index in [9.17, 15) is 0 Å². The van der Waals surface area contributed by atoms with Crippen molar-refractivity contribution >= 4 is 0 Å². The zero-order chi connectivity index (χ0) is 15.1. The van der Waals surface area contributed by atoms with E-state index in [2.05, 4.69) is 45.8 Å². The minimum atomic E-state index is -0.00885. The molecule has 0 fully saturated rings. The van der Waals surface area contributed by atoms with Crippen molar-refractivity contribution in [2.24, 2.45) is 5.73 Å². The van der Waals surface area contributed by atoms with Crippen LogP contribution in [0.1, 0.15) is 49.0 Å². The summed E-state index contributed by atoms with van der Waals surface area (Å²) >= 11 is 0. The van der Waals surface area contributed by atoms with Gasteiger partial charge in [0.1, 0.15) is 0 Å². The van der Waals surface area contributed by atoms with E-state index >= 15 is 0 Å². The molecule has 0 spiro atoms. The van der Waals surface area contributed by atoms with Gasteiger partial charge >= 0.3 is 0 Å². The van der Waals surface area contributed by atoms with Crippen molar-refractivity contribution in [3.05, 3.63) is 40.3 Å². The Hall–Kier alpha value is -1.68. The maximum absolute atomic E-state index is 5.82. The summed E-state index contributed by atoms with van der Waals surface area (Å²) in [4.78, 5) is 4.78. The second-order valence-electron chi connectivity index (χ2n) is 6.38. The molecule has 108 valence electrons. The summed E-state index contributed by atoms with van der Waals surface area (Å²) in [7, 11) is 0. The molecule has 4 nitrogen and oxygen atoms in total. The summed E-state index contributed by atoms with van der Waals surface area (Å²) in [5, 5.41) is 4.59. The van der Waals surface area contributed by atoms with E-state index in [0.717, 1.165) is 28.5 Å². The number of nitrogens with two attached hydrogens (primary N) is 1. The Morgan fingerprint density at radius 2 is 1.80 bits per heavy atom. The average molecular weight is 272 g/mol. The first kappa shape index (κ1) is 14.7. The molecule has 0 saturated carbocycles. The lowest BCUT2D eigenvalue weighted by atomic mass is 9.91. The fourth-order valence-corrected chi connectivity index (χ4v) is 2.13. The third-order valence-corrected chi connectivity index (χ3v) is 3.75. The van der Waals surface area contributed by atoms with Crippen molar-refractivity contribution < 1.29 is 0 Å². The SMILES string of the molecule is Cc1nn(-c2cc(CN)cc(C(C)(C)C)n2)c(C)c1C. The van der Waals surface area contributed by atoms with Crippen LogP contribution in [0.4, 0.5) is 0 Å². The second-order valence-corrected chi connectivity index (χ2v) is 6.38. The van der Waals surface area contributed by atoms with E-state index in [0.29, 0.717) is 6.54 Å². The second kappa shape index (κ2) is 5.02. The van der Waals surface area contributed by atoms with Gasteiger partial charge < -0.3 is 5.73 Å². The van der Waals surface area contributed by atoms with Gasteiger partial charge in [0.05, 0.1) is 5.69 Å². The number of aryl methyl sites for hydroxylation is 1. The molecule has 20 heavy (non-hydrogen) atoms. The van der Waals surface area contributed by atoms with Crippen LogP contribution in [0.15, 0.2) is 12.1 Å². The van der Waals surface area contributed by atoms with E-state index in [1.54, 1.807) is 0 Å². The van der Waals surface area contributed by atoms with Gasteiger partial charge in [-0.05, 0) is 44.0 Å². The predicted molar refractivity (Wildman–Crippen MR) is 82.2 cm³/mol. The molecule has 0 amide bonds. The molecule has 0 saturated heterocycles. The molecule has 2 heterocycles. The fourth-order valence-electron chi connectivity index (χ4n) is 2.13. The van der Waals surface area contributed by atoms with Gasteiger partial charge in [-0.15, -0.1) is 0 Å². The van der Waals surface area contributed by atoms with Crippen molar-refractivity contribution in [3.63, 3.8) is 0 Å². The normalized spacial score (nSPS) is 11.9. The quantitative estimate of drug-likeness (QED) is 0.914. The van der Waals surface area contributed by atoms with Gasteiger partial charge in [0, 0.05) is 23.3 Å².